The second-order valence-electron chi connectivity index (χ2n) is 7.07. The van der Waals surface area contributed by atoms with Crippen molar-refractivity contribution in [3.8, 4) is 0 Å². The van der Waals surface area contributed by atoms with E-state index in [1.165, 1.54) is 16.3 Å². The molecule has 2 aromatic carbocycles. The van der Waals surface area contributed by atoms with Gasteiger partial charge in [-0.25, -0.2) is 9.80 Å². The van der Waals surface area contributed by atoms with Gasteiger partial charge in [0.25, 0.3) is 0 Å². The minimum absolute atomic E-state index is 0.225. The van der Waals surface area contributed by atoms with Crippen LogP contribution < -0.4 is 5.32 Å². The second kappa shape index (κ2) is 7.41. The lowest BCUT2D eigenvalue weighted by Gasteiger charge is -2.27. The minimum Gasteiger partial charge on any atom is -0.297 e. The molecule has 1 atom stereocenters. The van der Waals surface area contributed by atoms with E-state index in [0.717, 1.165) is 27.4 Å². The molecule has 0 bridgehead atoms. The normalized spacial score (nSPS) is 18.8. The Morgan fingerprint density at radius 3 is 2.50 bits per heavy atom. The molecule has 3 aromatic rings. The van der Waals surface area contributed by atoms with Crippen LogP contribution in [0.4, 0.5) is 9.80 Å². The Morgan fingerprint density at radius 1 is 1.14 bits per heavy atom. The maximum Gasteiger partial charge on any atom is 0.342 e. The number of aryl methyl sites for hydroxylation is 1. The van der Waals surface area contributed by atoms with Gasteiger partial charge in [-0.3, -0.25) is 5.32 Å². The summed E-state index contributed by atoms with van der Waals surface area (Å²) in [6.45, 7) is 4.57. The van der Waals surface area contributed by atoms with E-state index in [1.54, 1.807) is 0 Å². The van der Waals surface area contributed by atoms with Crippen molar-refractivity contribution in [1.29, 1.82) is 0 Å². The number of hydrogen-bond acceptors (Lipinski definition) is 3. The van der Waals surface area contributed by atoms with E-state index in [4.69, 9.17) is 16.7 Å². The number of benzene rings is 2. The van der Waals surface area contributed by atoms with Crippen molar-refractivity contribution in [2.24, 2.45) is 5.10 Å². The van der Waals surface area contributed by atoms with E-state index in [-0.39, 0.29) is 6.03 Å². The molecule has 28 heavy (non-hydrogen) atoms. The summed E-state index contributed by atoms with van der Waals surface area (Å²) in [5.41, 5.74) is 3.56. The van der Waals surface area contributed by atoms with Gasteiger partial charge in [0.1, 0.15) is 0 Å². The predicted octanol–water partition coefficient (Wildman–Crippen LogP) is 5.92. The third kappa shape index (κ3) is 3.43. The molecule has 1 N–H and O–H groups in total. The van der Waals surface area contributed by atoms with E-state index >= 15 is 0 Å². The molecule has 1 aromatic heterocycles. The molecule has 0 aliphatic carbocycles. The minimum atomic E-state index is -0.420. The maximum absolute atomic E-state index is 12.9. The molecular formula is C22H20ClN3OS. The summed E-state index contributed by atoms with van der Waals surface area (Å²) in [6.07, 6.45) is 0. The largest absolute Gasteiger partial charge is 0.342 e. The number of hydrogen-bond donors (Lipinski definition) is 1. The molecular weight excluding hydrogens is 390 g/mol. The van der Waals surface area contributed by atoms with Gasteiger partial charge in [-0.15, -0.1) is 11.3 Å². The highest BCUT2D eigenvalue weighted by Gasteiger charge is 2.42. The number of carbonyl (C=O) groups excluding carboxylic acids is 1. The standard InChI is InChI=1S/C22H20ClN3OS/c1-15-12-13-28-20(15)24-21(27)26-14-22(2,17-6-4-3-5-7-17)19(25-26)16-8-10-18(23)11-9-16/h3-13H,14H2,1-2H3,(H,24,27). The molecule has 1 unspecified atom stereocenters. The van der Waals surface area contributed by atoms with Crippen LogP contribution in [0.25, 0.3) is 0 Å². The van der Waals surface area contributed by atoms with Crippen molar-refractivity contribution >= 4 is 39.7 Å². The molecule has 0 fully saturated rings. The van der Waals surface area contributed by atoms with Crippen molar-refractivity contribution in [2.75, 3.05) is 11.9 Å². The Labute approximate surface area is 173 Å². The van der Waals surface area contributed by atoms with Crippen molar-refractivity contribution in [3.63, 3.8) is 0 Å². The Balaban J connectivity index is 1.71. The number of carbonyl (C=O) groups is 1. The third-order valence-corrected chi connectivity index (χ3v) is 6.24. The third-order valence-electron chi connectivity index (χ3n) is 5.05. The Kier molecular flexibility index (Phi) is 4.96. The van der Waals surface area contributed by atoms with E-state index in [2.05, 4.69) is 24.4 Å². The van der Waals surface area contributed by atoms with Gasteiger partial charge in [0.15, 0.2) is 0 Å². The van der Waals surface area contributed by atoms with Crippen molar-refractivity contribution in [2.45, 2.75) is 19.3 Å². The fourth-order valence-electron chi connectivity index (χ4n) is 3.44. The van der Waals surface area contributed by atoms with Gasteiger partial charge in [-0.2, -0.15) is 5.10 Å². The first-order valence-corrected chi connectivity index (χ1v) is 10.3. The Hall–Kier alpha value is -2.63. The van der Waals surface area contributed by atoms with Gasteiger partial charge in [0, 0.05) is 5.02 Å². The van der Waals surface area contributed by atoms with Crippen LogP contribution in [0.2, 0.25) is 5.02 Å². The van der Waals surface area contributed by atoms with Gasteiger partial charge in [-0.1, -0.05) is 54.1 Å². The second-order valence-corrected chi connectivity index (χ2v) is 8.43. The van der Waals surface area contributed by atoms with Gasteiger partial charge in [0.2, 0.25) is 0 Å². The highest BCUT2D eigenvalue weighted by atomic mass is 35.5. The van der Waals surface area contributed by atoms with Gasteiger partial charge >= 0.3 is 6.03 Å². The molecule has 2 heterocycles. The SMILES string of the molecule is Cc1ccsc1NC(=O)N1CC(C)(c2ccccc2)C(c2ccc(Cl)cc2)=N1. The highest BCUT2D eigenvalue weighted by molar-refractivity contribution is 7.14. The summed E-state index contributed by atoms with van der Waals surface area (Å²) in [4.78, 5) is 12.9. The molecule has 1 aliphatic rings. The Morgan fingerprint density at radius 2 is 1.86 bits per heavy atom. The zero-order valence-corrected chi connectivity index (χ0v) is 17.2. The van der Waals surface area contributed by atoms with Crippen LogP contribution in [-0.2, 0) is 5.41 Å². The fraction of sp³-hybridized carbons (Fsp3) is 0.182. The zero-order valence-electron chi connectivity index (χ0n) is 15.6. The number of amides is 2. The predicted molar refractivity (Wildman–Crippen MR) is 117 cm³/mol. The number of thiophene rings is 1. The number of halogens is 1. The lowest BCUT2D eigenvalue weighted by molar-refractivity contribution is 0.214. The van der Waals surface area contributed by atoms with Crippen LogP contribution >= 0.6 is 22.9 Å². The number of nitrogens with one attached hydrogen (secondary N) is 1. The lowest BCUT2D eigenvalue weighted by atomic mass is 9.76. The van der Waals surface area contributed by atoms with Gasteiger partial charge in [-0.05, 0) is 54.1 Å². The molecule has 142 valence electrons. The molecule has 0 radical (unpaired) electrons. The first-order valence-electron chi connectivity index (χ1n) is 9.00. The summed E-state index contributed by atoms with van der Waals surface area (Å²) in [5, 5.41) is 12.7. The molecule has 0 saturated carbocycles. The molecule has 0 saturated heterocycles. The average Bonchev–Trinajstić information content (AvgIpc) is 3.27. The number of hydrazone groups is 1. The van der Waals surface area contributed by atoms with Gasteiger partial charge in [0.05, 0.1) is 22.7 Å². The van der Waals surface area contributed by atoms with Crippen LogP contribution in [0.15, 0.2) is 71.1 Å². The van der Waals surface area contributed by atoms with E-state index in [1.807, 2.05) is 60.8 Å². The summed E-state index contributed by atoms with van der Waals surface area (Å²) in [5.74, 6) is 0. The zero-order chi connectivity index (χ0) is 19.7. The lowest BCUT2D eigenvalue weighted by Crippen LogP contribution is -2.38. The highest BCUT2D eigenvalue weighted by Crippen LogP contribution is 2.35. The van der Waals surface area contributed by atoms with Crippen molar-refractivity contribution < 1.29 is 4.79 Å². The first kappa shape index (κ1) is 18.7. The summed E-state index contributed by atoms with van der Waals surface area (Å²) < 4.78 is 0. The van der Waals surface area contributed by atoms with Crippen molar-refractivity contribution in [1.82, 2.24) is 5.01 Å². The van der Waals surface area contributed by atoms with Crippen LogP contribution in [0.3, 0.4) is 0 Å². The quantitative estimate of drug-likeness (QED) is 0.573. The molecule has 2 amide bonds. The first-order chi connectivity index (χ1) is 13.5. The summed E-state index contributed by atoms with van der Waals surface area (Å²) in [6, 6.07) is 19.5. The number of rotatable bonds is 3. The maximum atomic E-state index is 12.9. The summed E-state index contributed by atoms with van der Waals surface area (Å²) in [7, 11) is 0. The molecule has 4 rings (SSSR count). The van der Waals surface area contributed by atoms with Crippen LogP contribution in [0.1, 0.15) is 23.6 Å². The fourth-order valence-corrected chi connectivity index (χ4v) is 4.37. The number of anilines is 1. The summed E-state index contributed by atoms with van der Waals surface area (Å²) >= 11 is 7.58. The van der Waals surface area contributed by atoms with Crippen LogP contribution in [0, 0.1) is 6.92 Å². The van der Waals surface area contributed by atoms with Crippen LogP contribution in [-0.4, -0.2) is 23.3 Å². The monoisotopic (exact) mass is 409 g/mol. The molecule has 0 spiro atoms. The number of nitrogens with zero attached hydrogens (tertiary/aromatic N) is 2. The molecule has 6 heteroatoms. The van der Waals surface area contributed by atoms with E-state index in [9.17, 15) is 4.79 Å². The van der Waals surface area contributed by atoms with Gasteiger partial charge < -0.3 is 0 Å². The molecule has 4 nitrogen and oxygen atoms in total. The number of urea groups is 1. The van der Waals surface area contributed by atoms with Crippen molar-refractivity contribution in [3.05, 3.63) is 87.8 Å². The average molecular weight is 410 g/mol. The molecule has 1 aliphatic heterocycles. The topological polar surface area (TPSA) is 44.7 Å². The smallest absolute Gasteiger partial charge is 0.297 e. The van der Waals surface area contributed by atoms with E-state index in [0.29, 0.717) is 11.6 Å². The van der Waals surface area contributed by atoms with Crippen LogP contribution in [0.5, 0.6) is 0 Å². The van der Waals surface area contributed by atoms with E-state index < -0.39 is 5.41 Å². The Bertz CT molecular complexity index is 1030.